The van der Waals surface area contributed by atoms with Gasteiger partial charge in [0.2, 0.25) is 0 Å². The normalized spacial score (nSPS) is 18.4. The topological polar surface area (TPSA) is 9.23 Å². The Morgan fingerprint density at radius 2 is 1.59 bits per heavy atom. The van der Waals surface area contributed by atoms with Gasteiger partial charge in [0.15, 0.2) is 23.2 Å². The largest absolute Gasteiger partial charge is 0.491 e. The third-order valence-corrected chi connectivity index (χ3v) is 6.81. The fraction of sp³-hybridized carbons (Fsp3) is 0.333. The molecule has 0 saturated heterocycles. The number of hydrogen-bond acceptors (Lipinski definition) is 1. The van der Waals surface area contributed by atoms with Gasteiger partial charge in [0, 0.05) is 5.56 Å². The Balaban J connectivity index is 1.40. The van der Waals surface area contributed by atoms with E-state index in [1.165, 1.54) is 11.6 Å². The molecule has 1 saturated carbocycles. The van der Waals surface area contributed by atoms with E-state index in [0.29, 0.717) is 29.2 Å². The molecule has 4 rings (SSSR count). The first kappa shape index (κ1) is 24.1. The van der Waals surface area contributed by atoms with Gasteiger partial charge >= 0.3 is 0 Å². The molecule has 34 heavy (non-hydrogen) atoms. The summed E-state index contributed by atoms with van der Waals surface area (Å²) in [5.74, 6) is -1.23. The molecule has 3 aromatic rings. The van der Waals surface area contributed by atoms with Crippen LogP contribution in [0.15, 0.2) is 60.7 Å². The minimum atomic E-state index is -0.763. The van der Waals surface area contributed by atoms with Gasteiger partial charge in [-0.05, 0) is 85.3 Å². The van der Waals surface area contributed by atoms with E-state index in [9.17, 15) is 8.78 Å². The van der Waals surface area contributed by atoms with Crippen LogP contribution >= 0.6 is 0 Å². The lowest BCUT2D eigenvalue weighted by Crippen LogP contribution is -2.13. The van der Waals surface area contributed by atoms with Crippen LogP contribution in [0.25, 0.3) is 17.2 Å². The van der Waals surface area contributed by atoms with E-state index in [4.69, 9.17) is 4.74 Å². The Morgan fingerprint density at radius 3 is 2.24 bits per heavy atom. The molecule has 1 nitrogen and oxygen atoms in total. The molecule has 1 aliphatic carbocycles. The third-order valence-electron chi connectivity index (χ3n) is 6.81. The highest BCUT2D eigenvalue weighted by atomic mass is 19.2. The predicted molar refractivity (Wildman–Crippen MR) is 132 cm³/mol. The molecule has 0 aliphatic heterocycles. The standard InChI is InChI=1S/C30H31F3O/c1-3-20-7-12-23(13-8-20)25-16-17-26(30(33)29(25)32)24-14-9-21(10-15-24)5-6-22-11-18-28(34-4-2)27(31)19-22/h5-8,11-13,16-19,21,24H,3-4,9-10,14-15H2,1-2H3/b6-5+. The predicted octanol–water partition coefficient (Wildman–Crippen LogP) is 8.72. The van der Waals surface area contributed by atoms with Crippen molar-refractivity contribution in [3.8, 4) is 16.9 Å². The van der Waals surface area contributed by atoms with Crippen LogP contribution in [-0.4, -0.2) is 6.61 Å². The molecule has 1 aliphatic rings. The first-order valence-corrected chi connectivity index (χ1v) is 12.2. The van der Waals surface area contributed by atoms with Gasteiger partial charge in [0.1, 0.15) is 0 Å². The third kappa shape index (κ3) is 5.38. The van der Waals surface area contributed by atoms with Crippen LogP contribution in [0.2, 0.25) is 0 Å². The second kappa shape index (κ2) is 10.9. The van der Waals surface area contributed by atoms with E-state index >= 15 is 4.39 Å². The van der Waals surface area contributed by atoms with Crippen LogP contribution < -0.4 is 4.74 Å². The Bertz CT molecular complexity index is 1140. The molecule has 0 atom stereocenters. The highest BCUT2D eigenvalue weighted by molar-refractivity contribution is 5.65. The Kier molecular flexibility index (Phi) is 7.77. The van der Waals surface area contributed by atoms with Crippen molar-refractivity contribution in [2.75, 3.05) is 6.61 Å². The van der Waals surface area contributed by atoms with Gasteiger partial charge in [-0.2, -0.15) is 0 Å². The van der Waals surface area contributed by atoms with Crippen molar-refractivity contribution in [2.45, 2.75) is 51.9 Å². The summed E-state index contributed by atoms with van der Waals surface area (Å²) < 4.78 is 49.3. The summed E-state index contributed by atoms with van der Waals surface area (Å²) in [6.07, 6.45) is 8.32. The van der Waals surface area contributed by atoms with Gasteiger partial charge in [0.25, 0.3) is 0 Å². The molecular weight excluding hydrogens is 433 g/mol. The number of halogens is 3. The van der Waals surface area contributed by atoms with Crippen LogP contribution in [0.5, 0.6) is 5.75 Å². The van der Waals surface area contributed by atoms with Crippen molar-refractivity contribution >= 4 is 6.08 Å². The van der Waals surface area contributed by atoms with Gasteiger partial charge in [-0.15, -0.1) is 0 Å². The van der Waals surface area contributed by atoms with E-state index in [0.717, 1.165) is 37.7 Å². The van der Waals surface area contributed by atoms with Crippen molar-refractivity contribution in [3.63, 3.8) is 0 Å². The maximum atomic E-state index is 15.0. The van der Waals surface area contributed by atoms with Crippen molar-refractivity contribution in [1.29, 1.82) is 0 Å². The SMILES string of the molecule is CCOc1ccc(/C=C/C2CCC(c3ccc(-c4ccc(CC)cc4)c(F)c3F)CC2)cc1F. The lowest BCUT2D eigenvalue weighted by Gasteiger charge is -2.27. The summed E-state index contributed by atoms with van der Waals surface area (Å²) in [5.41, 5.74) is 3.43. The van der Waals surface area contributed by atoms with E-state index in [1.807, 2.05) is 43.3 Å². The maximum Gasteiger partial charge on any atom is 0.166 e. The molecule has 0 N–H and O–H groups in total. The van der Waals surface area contributed by atoms with E-state index in [2.05, 4.69) is 13.0 Å². The molecule has 0 aromatic heterocycles. The van der Waals surface area contributed by atoms with Crippen LogP contribution in [0, 0.1) is 23.4 Å². The summed E-state index contributed by atoms with van der Waals surface area (Å²) in [5, 5.41) is 0. The van der Waals surface area contributed by atoms with Crippen LogP contribution in [-0.2, 0) is 6.42 Å². The molecule has 4 heteroatoms. The first-order chi connectivity index (χ1) is 16.5. The molecule has 3 aromatic carbocycles. The molecule has 0 heterocycles. The molecule has 0 unspecified atom stereocenters. The van der Waals surface area contributed by atoms with Gasteiger partial charge in [-0.25, -0.2) is 13.2 Å². The zero-order chi connectivity index (χ0) is 24.1. The first-order valence-electron chi connectivity index (χ1n) is 12.2. The highest BCUT2D eigenvalue weighted by Crippen LogP contribution is 2.39. The number of benzene rings is 3. The zero-order valence-electron chi connectivity index (χ0n) is 19.8. The zero-order valence-corrected chi connectivity index (χ0v) is 19.8. The quantitative estimate of drug-likeness (QED) is 0.340. The van der Waals surface area contributed by atoms with Crippen LogP contribution in [0.4, 0.5) is 13.2 Å². The molecule has 1 fully saturated rings. The Morgan fingerprint density at radius 1 is 0.853 bits per heavy atom. The average molecular weight is 465 g/mol. The van der Waals surface area contributed by atoms with Crippen LogP contribution in [0.3, 0.4) is 0 Å². The van der Waals surface area contributed by atoms with Gasteiger partial charge in [-0.3, -0.25) is 0 Å². The molecular formula is C30H31F3O. The van der Waals surface area contributed by atoms with Gasteiger partial charge < -0.3 is 4.74 Å². The Hall–Kier alpha value is -3.01. The summed E-state index contributed by atoms with van der Waals surface area (Å²) in [6, 6.07) is 16.0. The monoisotopic (exact) mass is 464 g/mol. The number of aryl methyl sites for hydroxylation is 1. The van der Waals surface area contributed by atoms with Crippen molar-refractivity contribution in [3.05, 3.63) is 94.8 Å². The smallest absolute Gasteiger partial charge is 0.166 e. The molecule has 0 amide bonds. The lowest BCUT2D eigenvalue weighted by atomic mass is 9.78. The fourth-order valence-electron chi connectivity index (χ4n) is 4.79. The molecule has 178 valence electrons. The Labute approximate surface area is 200 Å². The maximum absolute atomic E-state index is 15.0. The molecule has 0 spiro atoms. The van der Waals surface area contributed by atoms with Crippen molar-refractivity contribution in [1.82, 2.24) is 0 Å². The molecule has 0 radical (unpaired) electrons. The fourth-order valence-corrected chi connectivity index (χ4v) is 4.79. The minimum Gasteiger partial charge on any atom is -0.491 e. The number of ether oxygens (including phenoxy) is 1. The highest BCUT2D eigenvalue weighted by Gasteiger charge is 2.25. The van der Waals surface area contributed by atoms with E-state index in [-0.39, 0.29) is 17.5 Å². The van der Waals surface area contributed by atoms with Crippen molar-refractivity contribution in [2.24, 2.45) is 5.92 Å². The summed E-state index contributed by atoms with van der Waals surface area (Å²) in [4.78, 5) is 0. The van der Waals surface area contributed by atoms with Gasteiger partial charge in [-0.1, -0.05) is 61.5 Å². The number of rotatable bonds is 7. The van der Waals surface area contributed by atoms with Crippen LogP contribution in [0.1, 0.15) is 62.1 Å². The summed E-state index contributed by atoms with van der Waals surface area (Å²) in [7, 11) is 0. The number of hydrogen-bond donors (Lipinski definition) is 0. The second-order valence-electron chi connectivity index (χ2n) is 8.97. The van der Waals surface area contributed by atoms with Gasteiger partial charge in [0.05, 0.1) is 6.61 Å². The number of allylic oxidation sites excluding steroid dienone is 1. The second-order valence-corrected chi connectivity index (χ2v) is 8.97. The lowest BCUT2D eigenvalue weighted by molar-refractivity contribution is 0.321. The van der Waals surface area contributed by atoms with E-state index < -0.39 is 11.6 Å². The van der Waals surface area contributed by atoms with Crippen molar-refractivity contribution < 1.29 is 17.9 Å². The minimum absolute atomic E-state index is 0.0126. The summed E-state index contributed by atoms with van der Waals surface area (Å²) >= 11 is 0. The average Bonchev–Trinajstić information content (AvgIpc) is 2.86. The van der Waals surface area contributed by atoms with E-state index in [1.54, 1.807) is 18.2 Å². The summed E-state index contributed by atoms with van der Waals surface area (Å²) in [6.45, 7) is 4.31. The molecule has 0 bridgehead atoms.